The minimum Gasteiger partial charge on any atom is -0.394 e. The molecule has 1 heterocycles. The second-order valence-corrected chi connectivity index (χ2v) is 5.23. The third-order valence-corrected chi connectivity index (χ3v) is 2.99. The average Bonchev–Trinajstić information content (AvgIpc) is 2.48. The maximum Gasteiger partial charge on any atom is 0.147 e. The van der Waals surface area contributed by atoms with E-state index < -0.39 is 0 Å². The molecule has 0 spiro atoms. The SMILES string of the molecule is COCCC(C)(C)CNc1c(N)c(C)nn1C. The van der Waals surface area contributed by atoms with Gasteiger partial charge in [-0.05, 0) is 18.8 Å². The zero-order chi connectivity index (χ0) is 13.1. The number of methoxy groups -OCH3 is 1. The van der Waals surface area contributed by atoms with Crippen molar-refractivity contribution in [2.24, 2.45) is 12.5 Å². The molecule has 0 aliphatic rings. The number of nitrogens with zero attached hydrogens (tertiary/aromatic N) is 2. The molecule has 98 valence electrons. The van der Waals surface area contributed by atoms with Crippen LogP contribution >= 0.6 is 0 Å². The van der Waals surface area contributed by atoms with E-state index >= 15 is 0 Å². The second kappa shape index (κ2) is 5.40. The van der Waals surface area contributed by atoms with Gasteiger partial charge in [-0.25, -0.2) is 0 Å². The first-order chi connectivity index (χ1) is 7.87. The topological polar surface area (TPSA) is 65.1 Å². The third-order valence-electron chi connectivity index (χ3n) is 2.99. The van der Waals surface area contributed by atoms with Gasteiger partial charge in [-0.1, -0.05) is 13.8 Å². The number of hydrogen-bond acceptors (Lipinski definition) is 4. The van der Waals surface area contributed by atoms with Gasteiger partial charge in [0, 0.05) is 27.3 Å². The van der Waals surface area contributed by atoms with Gasteiger partial charge in [-0.15, -0.1) is 0 Å². The molecule has 0 aliphatic carbocycles. The van der Waals surface area contributed by atoms with Gasteiger partial charge in [-0.2, -0.15) is 5.10 Å². The molecule has 3 N–H and O–H groups in total. The molecular weight excluding hydrogens is 216 g/mol. The fourth-order valence-corrected chi connectivity index (χ4v) is 1.67. The van der Waals surface area contributed by atoms with E-state index in [0.29, 0.717) is 0 Å². The highest BCUT2D eigenvalue weighted by atomic mass is 16.5. The maximum atomic E-state index is 5.96. The van der Waals surface area contributed by atoms with E-state index in [1.807, 2.05) is 14.0 Å². The normalized spacial score (nSPS) is 11.8. The number of aromatic nitrogens is 2. The number of anilines is 2. The highest BCUT2D eigenvalue weighted by molar-refractivity contribution is 5.64. The van der Waals surface area contributed by atoms with Crippen molar-refractivity contribution in [1.29, 1.82) is 0 Å². The molecule has 5 nitrogen and oxygen atoms in total. The zero-order valence-electron chi connectivity index (χ0n) is 11.5. The van der Waals surface area contributed by atoms with E-state index in [9.17, 15) is 0 Å². The lowest BCUT2D eigenvalue weighted by atomic mass is 9.90. The molecule has 1 rings (SSSR count). The minimum absolute atomic E-state index is 0.167. The van der Waals surface area contributed by atoms with Crippen LogP contribution in [0.3, 0.4) is 0 Å². The van der Waals surface area contributed by atoms with Crippen LogP contribution < -0.4 is 11.1 Å². The Kier molecular flexibility index (Phi) is 4.40. The van der Waals surface area contributed by atoms with Crippen LogP contribution in [-0.4, -0.2) is 30.0 Å². The van der Waals surface area contributed by atoms with Crippen LogP contribution in [0.15, 0.2) is 0 Å². The molecule has 0 unspecified atom stereocenters. The lowest BCUT2D eigenvalue weighted by molar-refractivity contribution is 0.157. The van der Waals surface area contributed by atoms with Crippen LogP contribution in [0.5, 0.6) is 0 Å². The average molecular weight is 240 g/mol. The van der Waals surface area contributed by atoms with Gasteiger partial charge in [-0.3, -0.25) is 4.68 Å². The Hall–Kier alpha value is -1.23. The lowest BCUT2D eigenvalue weighted by Crippen LogP contribution is -2.25. The van der Waals surface area contributed by atoms with Crippen molar-refractivity contribution < 1.29 is 4.74 Å². The van der Waals surface area contributed by atoms with Gasteiger partial charge in [0.2, 0.25) is 0 Å². The fraction of sp³-hybridized carbons (Fsp3) is 0.750. The molecule has 0 saturated heterocycles. The lowest BCUT2D eigenvalue weighted by Gasteiger charge is -2.25. The zero-order valence-corrected chi connectivity index (χ0v) is 11.5. The molecule has 0 radical (unpaired) electrons. The molecule has 0 bridgehead atoms. The van der Waals surface area contributed by atoms with Crippen LogP contribution in [0.4, 0.5) is 11.5 Å². The summed E-state index contributed by atoms with van der Waals surface area (Å²) in [7, 11) is 3.62. The largest absolute Gasteiger partial charge is 0.394 e. The van der Waals surface area contributed by atoms with Crippen molar-refractivity contribution in [3.63, 3.8) is 0 Å². The smallest absolute Gasteiger partial charge is 0.147 e. The molecule has 1 aromatic heterocycles. The molecule has 17 heavy (non-hydrogen) atoms. The molecular formula is C12H24N4O. The molecule has 0 aliphatic heterocycles. The minimum atomic E-state index is 0.167. The number of aryl methyl sites for hydroxylation is 2. The summed E-state index contributed by atoms with van der Waals surface area (Å²) in [5.41, 5.74) is 7.73. The Bertz CT molecular complexity index is 371. The van der Waals surface area contributed by atoms with E-state index in [-0.39, 0.29) is 5.41 Å². The van der Waals surface area contributed by atoms with Gasteiger partial charge in [0.25, 0.3) is 0 Å². The van der Waals surface area contributed by atoms with E-state index in [1.165, 1.54) is 0 Å². The van der Waals surface area contributed by atoms with E-state index in [2.05, 4.69) is 24.3 Å². The summed E-state index contributed by atoms with van der Waals surface area (Å²) in [6.07, 6.45) is 1.01. The van der Waals surface area contributed by atoms with E-state index in [4.69, 9.17) is 10.5 Å². The summed E-state index contributed by atoms with van der Waals surface area (Å²) in [6.45, 7) is 7.95. The standard InChI is InChI=1S/C12H24N4O/c1-9-10(13)11(16(4)15-9)14-8-12(2,3)6-7-17-5/h14H,6-8,13H2,1-5H3. The first-order valence-electron chi connectivity index (χ1n) is 5.89. The Morgan fingerprint density at radius 2 is 2.12 bits per heavy atom. The molecule has 0 fully saturated rings. The van der Waals surface area contributed by atoms with Crippen molar-refractivity contribution >= 4 is 11.5 Å². The van der Waals surface area contributed by atoms with Gasteiger partial charge in [0.1, 0.15) is 5.82 Å². The molecule has 0 amide bonds. The molecule has 0 aromatic carbocycles. The number of rotatable bonds is 6. The highest BCUT2D eigenvalue weighted by Crippen LogP contribution is 2.25. The van der Waals surface area contributed by atoms with Crippen LogP contribution in [-0.2, 0) is 11.8 Å². The van der Waals surface area contributed by atoms with E-state index in [1.54, 1.807) is 11.8 Å². The fourth-order valence-electron chi connectivity index (χ4n) is 1.67. The Balaban J connectivity index is 2.60. The van der Waals surface area contributed by atoms with Gasteiger partial charge >= 0.3 is 0 Å². The summed E-state index contributed by atoms with van der Waals surface area (Å²) >= 11 is 0. The Labute approximate surface area is 103 Å². The molecule has 0 saturated carbocycles. The molecule has 5 heteroatoms. The third kappa shape index (κ3) is 3.63. The summed E-state index contributed by atoms with van der Waals surface area (Å²) in [4.78, 5) is 0. The molecule has 1 aromatic rings. The predicted octanol–water partition coefficient (Wildman–Crippen LogP) is 1.79. The predicted molar refractivity (Wildman–Crippen MR) is 71.1 cm³/mol. The van der Waals surface area contributed by atoms with Crippen molar-refractivity contribution in [3.05, 3.63) is 5.69 Å². The first-order valence-corrected chi connectivity index (χ1v) is 5.89. The summed E-state index contributed by atoms with van der Waals surface area (Å²) < 4.78 is 6.90. The second-order valence-electron chi connectivity index (χ2n) is 5.23. The molecule has 0 atom stereocenters. The van der Waals surface area contributed by atoms with Crippen molar-refractivity contribution in [3.8, 4) is 0 Å². The summed E-state index contributed by atoms with van der Waals surface area (Å²) in [6, 6.07) is 0. The first kappa shape index (κ1) is 13.8. The van der Waals surface area contributed by atoms with Gasteiger partial charge < -0.3 is 15.8 Å². The van der Waals surface area contributed by atoms with Gasteiger partial charge in [0.05, 0.1) is 11.4 Å². The number of hydrogen-bond donors (Lipinski definition) is 2. The number of nitrogens with two attached hydrogens (primary N) is 1. The van der Waals surface area contributed by atoms with Crippen LogP contribution in [0.1, 0.15) is 26.0 Å². The quantitative estimate of drug-likeness (QED) is 0.795. The van der Waals surface area contributed by atoms with Crippen LogP contribution in [0, 0.1) is 12.3 Å². The Morgan fingerprint density at radius 1 is 1.47 bits per heavy atom. The van der Waals surface area contributed by atoms with Crippen LogP contribution in [0.2, 0.25) is 0 Å². The van der Waals surface area contributed by atoms with Crippen molar-refractivity contribution in [1.82, 2.24) is 9.78 Å². The van der Waals surface area contributed by atoms with Crippen molar-refractivity contribution in [2.75, 3.05) is 31.3 Å². The van der Waals surface area contributed by atoms with Crippen LogP contribution in [0.25, 0.3) is 0 Å². The monoisotopic (exact) mass is 240 g/mol. The summed E-state index contributed by atoms with van der Waals surface area (Å²) in [5, 5.41) is 7.65. The van der Waals surface area contributed by atoms with E-state index in [0.717, 1.165) is 36.8 Å². The number of nitrogens with one attached hydrogen (secondary N) is 1. The van der Waals surface area contributed by atoms with Crippen molar-refractivity contribution in [2.45, 2.75) is 27.2 Å². The maximum absolute atomic E-state index is 5.96. The Morgan fingerprint density at radius 3 is 2.59 bits per heavy atom. The summed E-state index contributed by atoms with van der Waals surface area (Å²) in [5.74, 6) is 0.896. The number of nitrogen functional groups attached to an aromatic ring is 1. The van der Waals surface area contributed by atoms with Gasteiger partial charge in [0.15, 0.2) is 0 Å². The number of ether oxygens (including phenoxy) is 1. The highest BCUT2D eigenvalue weighted by Gasteiger charge is 2.19.